The molecule has 3 N–H and O–H groups in total. The first-order valence-corrected chi connectivity index (χ1v) is 16.6. The molecular weight excluding hydrogens is 632 g/mol. The Morgan fingerprint density at radius 1 is 1.10 bits per heavy atom. The highest BCUT2D eigenvalue weighted by molar-refractivity contribution is 7.13. The van der Waals surface area contributed by atoms with Gasteiger partial charge in [0.15, 0.2) is 0 Å². The summed E-state index contributed by atoms with van der Waals surface area (Å²) < 4.78 is 8.15. The number of nitrogens with zero attached hydrogens (tertiary/aromatic N) is 4. The zero-order valence-electron chi connectivity index (χ0n) is 27.2. The third-order valence-corrected chi connectivity index (χ3v) is 9.89. The summed E-state index contributed by atoms with van der Waals surface area (Å²) >= 11 is 1.48. The molecule has 1 unspecified atom stereocenters. The van der Waals surface area contributed by atoms with Crippen LogP contribution in [0.2, 0.25) is 0 Å². The van der Waals surface area contributed by atoms with Crippen molar-refractivity contribution in [3.8, 4) is 16.5 Å². The predicted molar refractivity (Wildman–Crippen MR) is 180 cm³/mol. The molecule has 5 atom stereocenters. The van der Waals surface area contributed by atoms with E-state index in [1.54, 1.807) is 29.9 Å². The number of aliphatic carboxylic acids is 1. The standard InChI is InChI=1S/C35H38N6O6S/c1-6-20-18-35(20,33(45)46)39-30(43)25-17-21(47-31-27(26-14-10-16-48-26)36-22-11-7-8-12-23(22)37-31)19-41(25)32(44)28(34(2,3)4)38-29(42)24-13-9-15-40(24)5/h6-16,20-21,25,28H,1,17-19H2,2-5H3,(H,38,42)(H,39,43)(H,45,46)/t20-,21-,25+,28-,35?/m1/s1. The van der Waals surface area contributed by atoms with Crippen LogP contribution in [-0.2, 0) is 21.4 Å². The molecule has 1 saturated heterocycles. The molecule has 250 valence electrons. The van der Waals surface area contributed by atoms with Crippen molar-refractivity contribution in [2.24, 2.45) is 18.4 Å². The fraction of sp³-hybridized carbons (Fsp3) is 0.371. The van der Waals surface area contributed by atoms with Gasteiger partial charge in [-0.1, -0.05) is 45.0 Å². The number of rotatable bonds is 10. The number of thiophene rings is 1. The Balaban J connectivity index is 1.33. The molecule has 12 nitrogen and oxygen atoms in total. The molecule has 0 bridgehead atoms. The number of carboxylic acid groups (broad SMARTS) is 1. The van der Waals surface area contributed by atoms with E-state index in [1.165, 1.54) is 22.3 Å². The lowest BCUT2D eigenvalue weighted by atomic mass is 9.85. The van der Waals surface area contributed by atoms with E-state index in [9.17, 15) is 24.3 Å². The minimum absolute atomic E-state index is 0.00707. The molecule has 6 rings (SSSR count). The van der Waals surface area contributed by atoms with Crippen LogP contribution in [0.4, 0.5) is 0 Å². The first-order valence-electron chi connectivity index (χ1n) is 15.7. The number of benzene rings is 1. The average molecular weight is 671 g/mol. The van der Waals surface area contributed by atoms with Crippen molar-refractivity contribution in [1.82, 2.24) is 30.1 Å². The molecule has 1 aromatic carbocycles. The summed E-state index contributed by atoms with van der Waals surface area (Å²) in [6.45, 7) is 9.19. The van der Waals surface area contributed by atoms with Gasteiger partial charge in [-0.3, -0.25) is 14.4 Å². The Bertz CT molecular complexity index is 1900. The van der Waals surface area contributed by atoms with Crippen molar-refractivity contribution in [2.45, 2.75) is 57.3 Å². The van der Waals surface area contributed by atoms with Gasteiger partial charge in [-0.15, -0.1) is 17.9 Å². The smallest absolute Gasteiger partial charge is 0.330 e. The zero-order valence-corrected chi connectivity index (χ0v) is 28.0. The SMILES string of the molecule is C=C[C@@H]1CC1(NC(=O)[C@@H]1C[C@@H](Oc2nc3ccccc3nc2-c2cccs2)CN1C(=O)[C@@H](NC(=O)c1cccn1C)C(C)(C)C)C(=O)O. The summed E-state index contributed by atoms with van der Waals surface area (Å²) in [5.41, 5.74) is -0.0214. The Labute approximate surface area is 281 Å². The van der Waals surface area contributed by atoms with E-state index in [-0.39, 0.29) is 25.3 Å². The molecule has 1 saturated carbocycles. The molecule has 2 aliphatic rings. The summed E-state index contributed by atoms with van der Waals surface area (Å²) in [5.74, 6) is -2.89. The fourth-order valence-electron chi connectivity index (χ4n) is 6.21. The zero-order chi connectivity index (χ0) is 34.4. The lowest BCUT2D eigenvalue weighted by Crippen LogP contribution is -2.59. The maximum atomic E-state index is 14.5. The Kier molecular flexibility index (Phi) is 8.58. The molecule has 1 aliphatic heterocycles. The number of likely N-dealkylation sites (tertiary alicyclic amines) is 1. The van der Waals surface area contributed by atoms with E-state index in [4.69, 9.17) is 14.7 Å². The molecule has 4 heterocycles. The average Bonchev–Trinajstić information content (AvgIpc) is 3.47. The number of hydrogen-bond donors (Lipinski definition) is 3. The number of hydrogen-bond acceptors (Lipinski definition) is 8. The number of carbonyl (C=O) groups is 4. The van der Waals surface area contributed by atoms with Crippen LogP contribution in [0.15, 0.2) is 72.8 Å². The van der Waals surface area contributed by atoms with Crippen molar-refractivity contribution in [1.29, 1.82) is 0 Å². The summed E-state index contributed by atoms with van der Waals surface area (Å²) in [7, 11) is 1.73. The van der Waals surface area contributed by atoms with Crippen molar-refractivity contribution in [3.63, 3.8) is 0 Å². The first kappa shape index (κ1) is 32.9. The lowest BCUT2D eigenvalue weighted by Gasteiger charge is -2.35. The van der Waals surface area contributed by atoms with Crippen LogP contribution in [0.25, 0.3) is 21.6 Å². The summed E-state index contributed by atoms with van der Waals surface area (Å²) in [4.78, 5) is 65.8. The van der Waals surface area contributed by atoms with Crippen molar-refractivity contribution in [3.05, 3.63) is 78.5 Å². The minimum Gasteiger partial charge on any atom is -0.479 e. The third kappa shape index (κ3) is 6.17. The largest absolute Gasteiger partial charge is 0.479 e. The van der Waals surface area contributed by atoms with Crippen LogP contribution in [0.5, 0.6) is 5.88 Å². The van der Waals surface area contributed by atoms with E-state index in [0.29, 0.717) is 22.4 Å². The molecule has 48 heavy (non-hydrogen) atoms. The fourth-order valence-corrected chi connectivity index (χ4v) is 6.91. The summed E-state index contributed by atoms with van der Waals surface area (Å²) in [6, 6.07) is 12.5. The Morgan fingerprint density at radius 2 is 1.83 bits per heavy atom. The van der Waals surface area contributed by atoms with Crippen molar-refractivity contribution in [2.75, 3.05) is 6.54 Å². The number of aryl methyl sites for hydroxylation is 1. The highest BCUT2D eigenvalue weighted by Gasteiger charge is 2.61. The Hall–Kier alpha value is -5.04. The van der Waals surface area contributed by atoms with E-state index in [0.717, 1.165) is 4.88 Å². The molecule has 1 aliphatic carbocycles. The van der Waals surface area contributed by atoms with Crippen LogP contribution in [-0.4, -0.2) is 78.5 Å². The first-order chi connectivity index (χ1) is 22.8. The van der Waals surface area contributed by atoms with Crippen molar-refractivity contribution < 1.29 is 29.0 Å². The monoisotopic (exact) mass is 670 g/mol. The number of amides is 3. The van der Waals surface area contributed by atoms with Crippen LogP contribution < -0.4 is 15.4 Å². The molecule has 3 aromatic heterocycles. The molecule has 4 aromatic rings. The van der Waals surface area contributed by atoms with Crippen LogP contribution in [0.1, 0.15) is 44.1 Å². The maximum Gasteiger partial charge on any atom is 0.330 e. The molecule has 0 radical (unpaired) electrons. The number of nitrogens with one attached hydrogen (secondary N) is 2. The lowest BCUT2D eigenvalue weighted by molar-refractivity contribution is -0.146. The van der Waals surface area contributed by atoms with Crippen LogP contribution in [0.3, 0.4) is 0 Å². The van der Waals surface area contributed by atoms with Crippen LogP contribution in [0, 0.1) is 11.3 Å². The van der Waals surface area contributed by atoms with Gasteiger partial charge in [0.1, 0.15) is 35.1 Å². The topological polar surface area (TPSA) is 156 Å². The van der Waals surface area contributed by atoms with E-state index >= 15 is 0 Å². The molecular formula is C35H38N6O6S. The van der Waals surface area contributed by atoms with Gasteiger partial charge in [0.2, 0.25) is 17.7 Å². The van der Waals surface area contributed by atoms with Gasteiger partial charge in [0.05, 0.1) is 22.5 Å². The van der Waals surface area contributed by atoms with E-state index in [2.05, 4.69) is 17.2 Å². The van der Waals surface area contributed by atoms with Gasteiger partial charge in [-0.2, -0.15) is 0 Å². The maximum absolute atomic E-state index is 14.5. The van der Waals surface area contributed by atoms with Crippen LogP contribution >= 0.6 is 11.3 Å². The second-order valence-corrected chi connectivity index (χ2v) is 14.4. The number of ether oxygens (including phenoxy) is 1. The molecule has 13 heteroatoms. The number of aromatic nitrogens is 3. The number of carboxylic acids is 1. The highest BCUT2D eigenvalue weighted by Crippen LogP contribution is 2.45. The third-order valence-electron chi connectivity index (χ3n) is 9.01. The summed E-state index contributed by atoms with van der Waals surface area (Å²) in [6.07, 6.45) is 2.81. The number of para-hydroxylation sites is 2. The van der Waals surface area contributed by atoms with Gasteiger partial charge in [0, 0.05) is 25.6 Å². The number of fused-ring (bicyclic) bond motifs is 1. The Morgan fingerprint density at radius 3 is 2.42 bits per heavy atom. The number of carbonyl (C=O) groups excluding carboxylic acids is 3. The second-order valence-electron chi connectivity index (χ2n) is 13.4. The predicted octanol–water partition coefficient (Wildman–Crippen LogP) is 4.04. The quantitative estimate of drug-likeness (QED) is 0.214. The van der Waals surface area contributed by atoms with E-state index in [1.807, 2.05) is 62.5 Å². The van der Waals surface area contributed by atoms with Gasteiger partial charge >= 0.3 is 5.97 Å². The van der Waals surface area contributed by atoms with Gasteiger partial charge in [0.25, 0.3) is 5.91 Å². The van der Waals surface area contributed by atoms with Gasteiger partial charge in [-0.05, 0) is 47.5 Å². The molecule has 3 amide bonds. The minimum atomic E-state index is -1.49. The van der Waals surface area contributed by atoms with Gasteiger partial charge in [-0.25, -0.2) is 14.8 Å². The van der Waals surface area contributed by atoms with E-state index < -0.39 is 58.8 Å². The highest BCUT2D eigenvalue weighted by atomic mass is 32.1. The molecule has 0 spiro atoms. The molecule has 2 fully saturated rings. The normalized spacial score (nSPS) is 22.6. The van der Waals surface area contributed by atoms with Gasteiger partial charge < -0.3 is 29.9 Å². The second kappa shape index (κ2) is 12.5. The summed E-state index contributed by atoms with van der Waals surface area (Å²) in [5, 5.41) is 17.5. The van der Waals surface area contributed by atoms with Crippen molar-refractivity contribution >= 4 is 46.1 Å².